The van der Waals surface area contributed by atoms with Crippen LogP contribution in [0, 0.1) is 0 Å². The third-order valence-corrected chi connectivity index (χ3v) is 7.70. The molecule has 0 saturated carbocycles. The van der Waals surface area contributed by atoms with Gasteiger partial charge >= 0.3 is 0 Å². The highest BCUT2D eigenvalue weighted by Gasteiger charge is 2.21. The van der Waals surface area contributed by atoms with Gasteiger partial charge in [0.1, 0.15) is 0 Å². The van der Waals surface area contributed by atoms with Crippen LogP contribution in [0.3, 0.4) is 0 Å². The first-order valence-corrected chi connectivity index (χ1v) is 14.7. The fraction of sp³-hybridized carbons (Fsp3) is 0.364. The quantitative estimate of drug-likeness (QED) is 0.242. The maximum Gasteiger partial charge on any atom is 0.252 e. The van der Waals surface area contributed by atoms with E-state index in [0.717, 1.165) is 56.8 Å². The molecule has 0 spiro atoms. The Morgan fingerprint density at radius 3 is 2.24 bits per heavy atom. The molecule has 1 saturated heterocycles. The van der Waals surface area contributed by atoms with Crippen LogP contribution in [-0.2, 0) is 19.5 Å². The van der Waals surface area contributed by atoms with E-state index in [4.69, 9.17) is 15.2 Å². The average Bonchev–Trinajstić information content (AvgIpc) is 2.99. The number of nitrogens with one attached hydrogen (secondary N) is 1. The summed E-state index contributed by atoms with van der Waals surface area (Å²) in [4.78, 5) is 26.2. The molecular weight excluding hydrogens is 528 g/mol. The maximum atomic E-state index is 12.5. The number of anilines is 2. The molecular formula is C33H40N6O3. The zero-order chi connectivity index (χ0) is 29.5. The zero-order valence-electron chi connectivity index (χ0n) is 24.7. The van der Waals surface area contributed by atoms with Gasteiger partial charge in [-0.15, -0.1) is 0 Å². The van der Waals surface area contributed by atoms with Crippen LogP contribution in [0.15, 0.2) is 61.1 Å². The zero-order valence-corrected chi connectivity index (χ0v) is 24.7. The Bertz CT molecular complexity index is 1520. The van der Waals surface area contributed by atoms with E-state index >= 15 is 0 Å². The standard InChI is InChI=1S/C33H40N6O3/c1-4-25-24(22-39-16-14-38(15-17-39)21-23-10-12-35-13-11-23)8-7-9-28(25)37-32-26-18-30(41-5-2)31(42-6-3)19-29(26)36-20-27(32)33(34)40/h7-13,18-20H,4-6,14-17,21-22H2,1-3H3,(H2,34,40)(H,36,37). The van der Waals surface area contributed by atoms with Crippen molar-refractivity contribution in [3.63, 3.8) is 0 Å². The van der Waals surface area contributed by atoms with E-state index in [1.807, 2.05) is 38.4 Å². The molecule has 0 aliphatic carbocycles. The summed E-state index contributed by atoms with van der Waals surface area (Å²) in [5.74, 6) is 0.678. The van der Waals surface area contributed by atoms with Gasteiger partial charge < -0.3 is 20.5 Å². The summed E-state index contributed by atoms with van der Waals surface area (Å²) >= 11 is 0. The van der Waals surface area contributed by atoms with Crippen LogP contribution in [-0.4, -0.2) is 65.1 Å². The molecule has 220 valence electrons. The van der Waals surface area contributed by atoms with Gasteiger partial charge in [-0.05, 0) is 61.2 Å². The van der Waals surface area contributed by atoms with Gasteiger partial charge in [-0.2, -0.15) is 0 Å². The topological polar surface area (TPSA) is 106 Å². The number of hydrogen-bond acceptors (Lipinski definition) is 8. The van der Waals surface area contributed by atoms with Crippen molar-refractivity contribution in [3.8, 4) is 11.5 Å². The smallest absolute Gasteiger partial charge is 0.252 e. The number of carbonyl (C=O) groups is 1. The van der Waals surface area contributed by atoms with Crippen LogP contribution >= 0.6 is 0 Å². The highest BCUT2D eigenvalue weighted by molar-refractivity contribution is 6.08. The molecule has 1 fully saturated rings. The molecule has 1 aliphatic rings. The van der Waals surface area contributed by atoms with Crippen molar-refractivity contribution in [2.24, 2.45) is 5.73 Å². The SMILES string of the molecule is CCOc1cc2ncc(C(N)=O)c(Nc3cccc(CN4CCN(Cc5ccncc5)CC4)c3CC)c2cc1OCC. The molecule has 4 aromatic rings. The van der Waals surface area contributed by atoms with E-state index in [0.29, 0.717) is 41.5 Å². The van der Waals surface area contributed by atoms with Crippen LogP contribution in [0.25, 0.3) is 10.9 Å². The van der Waals surface area contributed by atoms with Gasteiger partial charge in [0.25, 0.3) is 5.91 Å². The highest BCUT2D eigenvalue weighted by Crippen LogP contribution is 2.38. The van der Waals surface area contributed by atoms with Gasteiger partial charge in [-0.3, -0.25) is 24.6 Å². The number of nitrogens with two attached hydrogens (primary N) is 1. The lowest BCUT2D eigenvalue weighted by atomic mass is 10.0. The summed E-state index contributed by atoms with van der Waals surface area (Å²) in [5.41, 5.74) is 12.2. The third-order valence-electron chi connectivity index (χ3n) is 7.70. The van der Waals surface area contributed by atoms with Crippen molar-refractivity contribution in [1.29, 1.82) is 0 Å². The minimum Gasteiger partial charge on any atom is -0.490 e. The van der Waals surface area contributed by atoms with E-state index in [1.54, 1.807) is 0 Å². The first-order chi connectivity index (χ1) is 20.5. The van der Waals surface area contributed by atoms with Crippen molar-refractivity contribution in [2.75, 3.05) is 44.7 Å². The fourth-order valence-electron chi connectivity index (χ4n) is 5.60. The molecule has 0 unspecified atom stereocenters. The Kier molecular flexibility index (Phi) is 9.51. The molecule has 0 atom stereocenters. The number of amides is 1. The molecule has 5 rings (SSSR count). The monoisotopic (exact) mass is 568 g/mol. The van der Waals surface area contributed by atoms with E-state index in [-0.39, 0.29) is 0 Å². The van der Waals surface area contributed by atoms with E-state index in [2.05, 4.69) is 62.3 Å². The number of carbonyl (C=O) groups excluding carboxylic acids is 1. The third kappa shape index (κ3) is 6.64. The second kappa shape index (κ2) is 13.6. The molecule has 0 radical (unpaired) electrons. The summed E-state index contributed by atoms with van der Waals surface area (Å²) in [6, 6.07) is 14.2. The summed E-state index contributed by atoms with van der Waals surface area (Å²) in [7, 11) is 0. The summed E-state index contributed by atoms with van der Waals surface area (Å²) in [6.07, 6.45) is 6.09. The number of aromatic nitrogens is 2. The van der Waals surface area contributed by atoms with E-state index in [9.17, 15) is 4.79 Å². The van der Waals surface area contributed by atoms with E-state index < -0.39 is 5.91 Å². The summed E-state index contributed by atoms with van der Waals surface area (Å²) < 4.78 is 11.7. The summed E-state index contributed by atoms with van der Waals surface area (Å²) in [6.45, 7) is 12.9. The number of hydrogen-bond donors (Lipinski definition) is 2. The highest BCUT2D eigenvalue weighted by atomic mass is 16.5. The van der Waals surface area contributed by atoms with Crippen LogP contribution in [0.1, 0.15) is 47.8 Å². The fourth-order valence-corrected chi connectivity index (χ4v) is 5.60. The van der Waals surface area contributed by atoms with Crippen LogP contribution in [0.4, 0.5) is 11.4 Å². The number of piperazine rings is 1. The average molecular weight is 569 g/mol. The van der Waals surface area contributed by atoms with Crippen LogP contribution < -0.4 is 20.5 Å². The summed E-state index contributed by atoms with van der Waals surface area (Å²) in [5, 5.41) is 4.33. The second-order valence-electron chi connectivity index (χ2n) is 10.4. The van der Waals surface area contributed by atoms with Gasteiger partial charge in [0.15, 0.2) is 11.5 Å². The second-order valence-corrected chi connectivity index (χ2v) is 10.4. The maximum absolute atomic E-state index is 12.5. The van der Waals surface area contributed by atoms with E-state index in [1.165, 1.54) is 22.9 Å². The lowest BCUT2D eigenvalue weighted by Gasteiger charge is -2.35. The molecule has 3 N–H and O–H groups in total. The van der Waals surface area contributed by atoms with Gasteiger partial charge in [0, 0.05) is 75.0 Å². The molecule has 42 heavy (non-hydrogen) atoms. The molecule has 1 aliphatic heterocycles. The molecule has 2 aromatic heterocycles. The number of primary amides is 1. The molecule has 3 heterocycles. The predicted molar refractivity (Wildman–Crippen MR) is 166 cm³/mol. The van der Waals surface area contributed by atoms with Gasteiger partial charge in [-0.1, -0.05) is 19.1 Å². The molecule has 9 nitrogen and oxygen atoms in total. The number of nitrogens with zero attached hydrogens (tertiary/aromatic N) is 4. The Balaban J connectivity index is 1.40. The minimum absolute atomic E-state index is 0.326. The van der Waals surface area contributed by atoms with Gasteiger partial charge in [0.2, 0.25) is 0 Å². The van der Waals surface area contributed by atoms with Crippen molar-refractivity contribution >= 4 is 28.2 Å². The Morgan fingerprint density at radius 2 is 1.60 bits per heavy atom. The van der Waals surface area contributed by atoms with Crippen LogP contribution in [0.2, 0.25) is 0 Å². The Hall–Kier alpha value is -4.21. The lowest BCUT2D eigenvalue weighted by molar-refractivity contribution is 0.100. The first-order valence-electron chi connectivity index (χ1n) is 14.7. The van der Waals surface area contributed by atoms with Crippen molar-refractivity contribution in [3.05, 3.63) is 83.3 Å². The Morgan fingerprint density at radius 1 is 0.929 bits per heavy atom. The molecule has 9 heteroatoms. The van der Waals surface area contributed by atoms with Crippen molar-refractivity contribution in [2.45, 2.75) is 40.3 Å². The first kappa shape index (κ1) is 29.3. The van der Waals surface area contributed by atoms with Crippen molar-refractivity contribution < 1.29 is 14.3 Å². The number of fused-ring (bicyclic) bond motifs is 1. The van der Waals surface area contributed by atoms with Crippen molar-refractivity contribution in [1.82, 2.24) is 19.8 Å². The van der Waals surface area contributed by atoms with Gasteiger partial charge in [0.05, 0.1) is 30.0 Å². The minimum atomic E-state index is -0.544. The number of ether oxygens (including phenoxy) is 2. The lowest BCUT2D eigenvalue weighted by Crippen LogP contribution is -2.45. The van der Waals surface area contributed by atoms with Crippen LogP contribution in [0.5, 0.6) is 11.5 Å². The number of rotatable bonds is 12. The predicted octanol–water partition coefficient (Wildman–Crippen LogP) is 5.15. The molecule has 0 bridgehead atoms. The largest absolute Gasteiger partial charge is 0.490 e. The normalized spacial score (nSPS) is 14.2. The molecule has 2 aromatic carbocycles. The number of benzene rings is 2. The van der Waals surface area contributed by atoms with Gasteiger partial charge in [-0.25, -0.2) is 0 Å². The Labute approximate surface area is 247 Å². The number of pyridine rings is 2. The molecule has 1 amide bonds.